The third-order valence-electron chi connectivity index (χ3n) is 6.20. The van der Waals surface area contributed by atoms with Crippen molar-refractivity contribution in [1.29, 1.82) is 0 Å². The molecule has 4 rings (SSSR count). The fourth-order valence-electron chi connectivity index (χ4n) is 4.20. The van der Waals surface area contributed by atoms with Crippen LogP contribution in [-0.4, -0.2) is 61.6 Å². The lowest BCUT2D eigenvalue weighted by molar-refractivity contribution is -0.137. The van der Waals surface area contributed by atoms with E-state index in [4.69, 9.17) is 4.74 Å². The Morgan fingerprint density at radius 2 is 1.64 bits per heavy atom. The van der Waals surface area contributed by atoms with Crippen LogP contribution in [0.3, 0.4) is 0 Å². The van der Waals surface area contributed by atoms with Crippen molar-refractivity contribution in [3.63, 3.8) is 0 Å². The predicted molar refractivity (Wildman–Crippen MR) is 120 cm³/mol. The first-order valence-corrected chi connectivity index (χ1v) is 11.4. The summed E-state index contributed by atoms with van der Waals surface area (Å²) in [7, 11) is 0. The molecule has 2 aromatic rings. The molecule has 0 spiro atoms. The first kappa shape index (κ1) is 23.3. The summed E-state index contributed by atoms with van der Waals surface area (Å²) >= 11 is 0. The van der Waals surface area contributed by atoms with Crippen LogP contribution < -0.4 is 10.6 Å². The summed E-state index contributed by atoms with van der Waals surface area (Å²) in [6.07, 6.45) is 2.20. The van der Waals surface area contributed by atoms with Crippen molar-refractivity contribution in [1.82, 2.24) is 15.5 Å². The van der Waals surface area contributed by atoms with Crippen LogP contribution in [0.1, 0.15) is 41.1 Å². The van der Waals surface area contributed by atoms with E-state index < -0.39 is 17.8 Å². The molecule has 2 aliphatic rings. The van der Waals surface area contributed by atoms with Crippen LogP contribution in [0.4, 0.5) is 8.78 Å². The van der Waals surface area contributed by atoms with E-state index in [9.17, 15) is 18.4 Å². The van der Waals surface area contributed by atoms with Gasteiger partial charge in [0, 0.05) is 30.6 Å². The van der Waals surface area contributed by atoms with Crippen molar-refractivity contribution < 1.29 is 23.1 Å². The van der Waals surface area contributed by atoms with Gasteiger partial charge in [-0.1, -0.05) is 12.1 Å². The molecular formula is C25H29F2N3O3. The maximum atomic E-state index is 13.2. The molecule has 0 bridgehead atoms. The number of amides is 2. The molecule has 2 amide bonds. The lowest BCUT2D eigenvalue weighted by Crippen LogP contribution is -2.52. The maximum Gasteiger partial charge on any atom is 0.251 e. The van der Waals surface area contributed by atoms with E-state index in [2.05, 4.69) is 10.6 Å². The molecule has 1 aliphatic carbocycles. The molecule has 0 aromatic heterocycles. The minimum atomic E-state index is -0.658. The minimum absolute atomic E-state index is 0.121. The van der Waals surface area contributed by atoms with Gasteiger partial charge in [-0.15, -0.1) is 0 Å². The van der Waals surface area contributed by atoms with Gasteiger partial charge in [-0.3, -0.25) is 9.59 Å². The van der Waals surface area contributed by atoms with E-state index in [1.807, 2.05) is 12.1 Å². The van der Waals surface area contributed by atoms with Gasteiger partial charge < -0.3 is 20.3 Å². The summed E-state index contributed by atoms with van der Waals surface area (Å²) in [6.45, 7) is 2.68. The summed E-state index contributed by atoms with van der Waals surface area (Å²) in [5, 5.41) is 6.33. The SMILES string of the molecule is O=C(NC(CCCN[C@@H]1C[C@H]1c1ccc(F)cc1)C(=O)N1CCOCC1)c1ccc(F)cc1. The number of nitrogens with zero attached hydrogens (tertiary/aromatic N) is 1. The fraction of sp³-hybridized carbons (Fsp3) is 0.440. The maximum absolute atomic E-state index is 13.2. The zero-order chi connectivity index (χ0) is 23.2. The van der Waals surface area contributed by atoms with Crippen LogP contribution in [0.25, 0.3) is 0 Å². The average molecular weight is 458 g/mol. The highest BCUT2D eigenvalue weighted by molar-refractivity contribution is 5.97. The molecule has 6 nitrogen and oxygen atoms in total. The third-order valence-corrected chi connectivity index (χ3v) is 6.20. The third kappa shape index (κ3) is 6.36. The van der Waals surface area contributed by atoms with Crippen LogP contribution in [0, 0.1) is 11.6 Å². The van der Waals surface area contributed by atoms with Crippen molar-refractivity contribution >= 4 is 11.8 Å². The molecule has 1 saturated heterocycles. The van der Waals surface area contributed by atoms with Crippen LogP contribution >= 0.6 is 0 Å². The Bertz CT molecular complexity index is 946. The number of hydrogen-bond acceptors (Lipinski definition) is 4. The van der Waals surface area contributed by atoms with Gasteiger partial charge >= 0.3 is 0 Å². The molecule has 1 saturated carbocycles. The number of halogens is 2. The molecular weight excluding hydrogens is 428 g/mol. The fourth-order valence-corrected chi connectivity index (χ4v) is 4.20. The molecule has 3 atom stereocenters. The van der Waals surface area contributed by atoms with Crippen molar-refractivity contribution in [2.45, 2.75) is 37.3 Å². The van der Waals surface area contributed by atoms with Crippen molar-refractivity contribution in [3.05, 3.63) is 71.3 Å². The van der Waals surface area contributed by atoms with Crippen molar-refractivity contribution in [2.75, 3.05) is 32.8 Å². The van der Waals surface area contributed by atoms with Crippen LogP contribution in [-0.2, 0) is 9.53 Å². The van der Waals surface area contributed by atoms with E-state index in [1.54, 1.807) is 4.90 Å². The van der Waals surface area contributed by atoms with E-state index in [0.29, 0.717) is 63.2 Å². The van der Waals surface area contributed by atoms with Gasteiger partial charge in [0.2, 0.25) is 5.91 Å². The number of carbonyl (C=O) groups is 2. The standard InChI is InChI=1S/C25H29F2N3O3/c26-19-7-3-17(4-8-19)21-16-23(21)28-11-1-2-22(25(32)30-12-14-33-15-13-30)29-24(31)18-5-9-20(27)10-6-18/h3-10,21-23,28H,1-2,11-16H2,(H,29,31)/t21-,22?,23+/m0/s1. The Balaban J connectivity index is 1.29. The Morgan fingerprint density at radius 1 is 1.00 bits per heavy atom. The lowest BCUT2D eigenvalue weighted by Gasteiger charge is -2.31. The van der Waals surface area contributed by atoms with Crippen molar-refractivity contribution in [2.24, 2.45) is 0 Å². The molecule has 176 valence electrons. The van der Waals surface area contributed by atoms with Crippen LogP contribution in [0.2, 0.25) is 0 Å². The zero-order valence-electron chi connectivity index (χ0n) is 18.4. The Kier molecular flexibility index (Phi) is 7.67. The number of benzene rings is 2. The van der Waals surface area contributed by atoms with E-state index in [-0.39, 0.29) is 11.7 Å². The first-order chi connectivity index (χ1) is 16.0. The predicted octanol–water partition coefficient (Wildman–Crippen LogP) is 2.85. The van der Waals surface area contributed by atoms with Crippen LogP contribution in [0.15, 0.2) is 48.5 Å². The van der Waals surface area contributed by atoms with Gasteiger partial charge in [-0.05, 0) is 67.8 Å². The topological polar surface area (TPSA) is 70.7 Å². The highest BCUT2D eigenvalue weighted by Gasteiger charge is 2.37. The quantitative estimate of drug-likeness (QED) is 0.568. The molecule has 2 N–H and O–H groups in total. The average Bonchev–Trinajstić information content (AvgIpc) is 3.61. The minimum Gasteiger partial charge on any atom is -0.378 e. The van der Waals surface area contributed by atoms with Crippen LogP contribution in [0.5, 0.6) is 0 Å². The summed E-state index contributed by atoms with van der Waals surface area (Å²) in [6, 6.07) is 11.6. The summed E-state index contributed by atoms with van der Waals surface area (Å²) in [4.78, 5) is 27.4. The summed E-state index contributed by atoms with van der Waals surface area (Å²) in [5.41, 5.74) is 1.44. The van der Waals surface area contributed by atoms with E-state index in [0.717, 1.165) is 12.0 Å². The highest BCUT2D eigenvalue weighted by Crippen LogP contribution is 2.40. The molecule has 1 heterocycles. The van der Waals surface area contributed by atoms with Gasteiger partial charge in [0.05, 0.1) is 13.2 Å². The number of rotatable bonds is 9. The van der Waals surface area contributed by atoms with Gasteiger partial charge in [0.1, 0.15) is 17.7 Å². The molecule has 1 aliphatic heterocycles. The Morgan fingerprint density at radius 3 is 2.30 bits per heavy atom. The number of ether oxygens (including phenoxy) is 1. The first-order valence-electron chi connectivity index (χ1n) is 11.4. The van der Waals surface area contributed by atoms with Gasteiger partial charge in [0.25, 0.3) is 5.91 Å². The normalized spacial score (nSPS) is 20.8. The molecule has 2 fully saturated rings. The van der Waals surface area contributed by atoms with Crippen molar-refractivity contribution in [3.8, 4) is 0 Å². The number of morpholine rings is 1. The molecule has 0 radical (unpaired) electrons. The Labute approximate surface area is 192 Å². The smallest absolute Gasteiger partial charge is 0.251 e. The Hall–Kier alpha value is -2.84. The second kappa shape index (κ2) is 10.9. The number of nitrogens with one attached hydrogen (secondary N) is 2. The monoisotopic (exact) mass is 457 g/mol. The van der Waals surface area contributed by atoms with E-state index >= 15 is 0 Å². The summed E-state index contributed by atoms with van der Waals surface area (Å²) < 4.78 is 31.6. The molecule has 2 aromatic carbocycles. The molecule has 8 heteroatoms. The molecule has 1 unspecified atom stereocenters. The highest BCUT2D eigenvalue weighted by atomic mass is 19.1. The van der Waals surface area contributed by atoms with E-state index in [1.165, 1.54) is 36.4 Å². The zero-order valence-corrected chi connectivity index (χ0v) is 18.4. The van der Waals surface area contributed by atoms with Gasteiger partial charge in [0.15, 0.2) is 0 Å². The van der Waals surface area contributed by atoms with Gasteiger partial charge in [-0.25, -0.2) is 8.78 Å². The molecule has 33 heavy (non-hydrogen) atoms. The second-order valence-corrected chi connectivity index (χ2v) is 8.57. The number of hydrogen-bond donors (Lipinski definition) is 2. The van der Waals surface area contributed by atoms with Gasteiger partial charge in [-0.2, -0.15) is 0 Å². The summed E-state index contributed by atoms with van der Waals surface area (Å²) in [5.74, 6) is -0.785. The second-order valence-electron chi connectivity index (χ2n) is 8.57. The lowest BCUT2D eigenvalue weighted by atomic mass is 10.1. The number of carbonyl (C=O) groups excluding carboxylic acids is 2. The largest absolute Gasteiger partial charge is 0.378 e.